The van der Waals surface area contributed by atoms with E-state index in [1.165, 1.54) is 127 Å². The molecule has 0 unspecified atom stereocenters. The van der Waals surface area contributed by atoms with Crippen molar-refractivity contribution in [1.29, 1.82) is 0 Å². The predicted molar refractivity (Wildman–Crippen MR) is 132 cm³/mol. The number of hydrogen-bond donors (Lipinski definition) is 0. The van der Waals surface area contributed by atoms with Crippen LogP contribution in [0.15, 0.2) is 0 Å². The van der Waals surface area contributed by atoms with Crippen LogP contribution in [0.4, 0.5) is 0 Å². The van der Waals surface area contributed by atoms with Gasteiger partial charge in [0.25, 0.3) is 0 Å². The second-order valence-corrected chi connectivity index (χ2v) is 20.8. The summed E-state index contributed by atoms with van der Waals surface area (Å²) >= 11 is 4.27. The van der Waals surface area contributed by atoms with E-state index in [0.717, 1.165) is 0 Å². The number of unbranched alkanes of at least 4 members (excludes halogenated alkanes) is 15. The Labute approximate surface area is 175 Å². The van der Waals surface area contributed by atoms with Gasteiger partial charge in [-0.25, -0.2) is 0 Å². The average Bonchev–Trinajstić information content (AvgIpc) is 2.68. The summed E-state index contributed by atoms with van der Waals surface area (Å²) in [5.41, 5.74) is 0. The number of hydrogen-bond acceptors (Lipinski definition) is 0. The zero-order valence-electron chi connectivity index (χ0n) is 19.0. The van der Waals surface area contributed by atoms with E-state index in [1.807, 2.05) is 0 Å². The summed E-state index contributed by atoms with van der Waals surface area (Å²) in [6.45, 7) is 9.53. The van der Waals surface area contributed by atoms with Gasteiger partial charge >= 0.3 is 137 Å². The van der Waals surface area contributed by atoms with E-state index >= 15 is 0 Å². The fourth-order valence-electron chi connectivity index (χ4n) is 4.20. The predicted octanol–water partition coefficient (Wildman–Crippen LogP) is 10.2. The second-order valence-electron chi connectivity index (χ2n) is 8.80. The van der Waals surface area contributed by atoms with Crippen LogP contribution in [0.5, 0.6) is 0 Å². The summed E-state index contributed by atoms with van der Waals surface area (Å²) in [6, 6.07) is 0. The molecule has 0 aliphatic heterocycles. The van der Waals surface area contributed by atoms with E-state index < -0.39 is 5.31 Å². The molecule has 0 bridgehead atoms. The molecule has 0 spiro atoms. The molecule has 0 aromatic rings. The summed E-state index contributed by atoms with van der Waals surface area (Å²) < 4.78 is 0. The van der Waals surface area contributed by atoms with E-state index in [1.54, 1.807) is 0 Å². The first-order valence-corrected chi connectivity index (χ1v) is 17.3. The topological polar surface area (TPSA) is 0 Å². The standard InChI is InChI=1S/C24H52BrP/c1-5-9-10-11-12-13-14-15-16-17-18-19-20-21-22-23-24-26(25,6-2,7-3)8-4/h5-24H2,1-4H3. The van der Waals surface area contributed by atoms with Crippen molar-refractivity contribution in [3.8, 4) is 0 Å². The van der Waals surface area contributed by atoms with Crippen LogP contribution < -0.4 is 0 Å². The van der Waals surface area contributed by atoms with Crippen LogP contribution in [0.1, 0.15) is 130 Å². The number of halogens is 1. The summed E-state index contributed by atoms with van der Waals surface area (Å²) in [5.74, 6) is 0. The molecule has 0 amide bonds. The average molecular weight is 452 g/mol. The van der Waals surface area contributed by atoms with Gasteiger partial charge in [-0.05, 0) is 0 Å². The molecular weight excluding hydrogens is 399 g/mol. The summed E-state index contributed by atoms with van der Waals surface area (Å²) in [5, 5.41) is -1.48. The zero-order valence-corrected chi connectivity index (χ0v) is 21.4. The van der Waals surface area contributed by atoms with Crippen LogP contribution in [0, 0.1) is 0 Å². The monoisotopic (exact) mass is 450 g/mol. The Morgan fingerprint density at radius 2 is 0.692 bits per heavy atom. The SMILES string of the molecule is CCCCCCCCCCCCCCCCCCP(Br)(CC)(CC)CC. The third kappa shape index (κ3) is 13.1. The van der Waals surface area contributed by atoms with Crippen molar-refractivity contribution in [2.75, 3.05) is 24.6 Å². The van der Waals surface area contributed by atoms with Crippen molar-refractivity contribution in [1.82, 2.24) is 0 Å². The van der Waals surface area contributed by atoms with Gasteiger partial charge in [0, 0.05) is 0 Å². The van der Waals surface area contributed by atoms with E-state index in [9.17, 15) is 0 Å². The van der Waals surface area contributed by atoms with E-state index in [2.05, 4.69) is 43.2 Å². The van der Waals surface area contributed by atoms with Crippen molar-refractivity contribution in [3.63, 3.8) is 0 Å². The molecule has 0 nitrogen and oxygen atoms in total. The molecule has 0 fully saturated rings. The first-order chi connectivity index (χ1) is 12.5. The quantitative estimate of drug-likeness (QED) is 0.128. The molecular formula is C24H52BrP. The maximum absolute atomic E-state index is 4.27. The van der Waals surface area contributed by atoms with Gasteiger partial charge in [-0.2, -0.15) is 0 Å². The van der Waals surface area contributed by atoms with Crippen LogP contribution in [-0.4, -0.2) is 24.6 Å². The minimum atomic E-state index is -1.48. The van der Waals surface area contributed by atoms with Gasteiger partial charge < -0.3 is 0 Å². The molecule has 0 saturated heterocycles. The Balaban J connectivity index is 3.34. The van der Waals surface area contributed by atoms with Crippen LogP contribution in [-0.2, 0) is 0 Å². The number of rotatable bonds is 20. The second kappa shape index (κ2) is 16.8. The molecule has 0 atom stereocenters. The van der Waals surface area contributed by atoms with Crippen LogP contribution >= 0.6 is 20.8 Å². The van der Waals surface area contributed by atoms with Crippen LogP contribution in [0.3, 0.4) is 0 Å². The van der Waals surface area contributed by atoms with Crippen molar-refractivity contribution in [2.24, 2.45) is 0 Å². The fourth-order valence-corrected chi connectivity index (χ4v) is 8.26. The first-order valence-electron chi connectivity index (χ1n) is 12.3. The zero-order chi connectivity index (χ0) is 19.6. The van der Waals surface area contributed by atoms with Gasteiger partial charge in [0.1, 0.15) is 0 Å². The molecule has 0 N–H and O–H groups in total. The summed E-state index contributed by atoms with van der Waals surface area (Å²) in [7, 11) is 0. The Kier molecular flexibility index (Phi) is 17.4. The third-order valence-electron chi connectivity index (χ3n) is 6.94. The summed E-state index contributed by atoms with van der Waals surface area (Å²) in [6.07, 6.45) is 29.1. The Morgan fingerprint density at radius 3 is 0.962 bits per heavy atom. The van der Waals surface area contributed by atoms with Crippen LogP contribution in [0.25, 0.3) is 0 Å². The van der Waals surface area contributed by atoms with Gasteiger partial charge in [0.05, 0.1) is 0 Å². The molecule has 0 heterocycles. The normalized spacial score (nSPS) is 13.7. The molecule has 0 saturated carbocycles. The first kappa shape index (κ1) is 26.9. The van der Waals surface area contributed by atoms with Gasteiger partial charge in [-0.1, -0.05) is 39.0 Å². The van der Waals surface area contributed by atoms with Crippen molar-refractivity contribution >= 4 is 20.8 Å². The Morgan fingerprint density at radius 1 is 0.423 bits per heavy atom. The van der Waals surface area contributed by atoms with Gasteiger partial charge in [-0.3, -0.25) is 0 Å². The molecule has 0 aliphatic rings. The molecule has 0 aromatic carbocycles. The minimum absolute atomic E-state index is 1.37. The van der Waals surface area contributed by atoms with Gasteiger partial charge in [-0.15, -0.1) is 0 Å². The van der Waals surface area contributed by atoms with Gasteiger partial charge in [0.2, 0.25) is 0 Å². The van der Waals surface area contributed by atoms with E-state index in [4.69, 9.17) is 0 Å². The molecule has 2 heteroatoms. The van der Waals surface area contributed by atoms with Crippen LogP contribution in [0.2, 0.25) is 0 Å². The maximum atomic E-state index is 4.27. The van der Waals surface area contributed by atoms with E-state index in [-0.39, 0.29) is 0 Å². The molecule has 26 heavy (non-hydrogen) atoms. The van der Waals surface area contributed by atoms with Crippen molar-refractivity contribution in [2.45, 2.75) is 130 Å². The Bertz CT molecular complexity index is 288. The van der Waals surface area contributed by atoms with Crippen molar-refractivity contribution < 1.29 is 0 Å². The summed E-state index contributed by atoms with van der Waals surface area (Å²) in [4.78, 5) is 0. The fraction of sp³-hybridized carbons (Fsp3) is 1.00. The Hall–Kier alpha value is 0.910. The van der Waals surface area contributed by atoms with Crippen molar-refractivity contribution in [3.05, 3.63) is 0 Å². The molecule has 0 aliphatic carbocycles. The third-order valence-corrected chi connectivity index (χ3v) is 18.7. The molecule has 160 valence electrons. The molecule has 0 aromatic heterocycles. The molecule has 0 rings (SSSR count). The van der Waals surface area contributed by atoms with E-state index in [0.29, 0.717) is 0 Å². The van der Waals surface area contributed by atoms with Gasteiger partial charge in [0.15, 0.2) is 0 Å². The molecule has 0 radical (unpaired) electrons.